The van der Waals surface area contributed by atoms with E-state index in [0.717, 1.165) is 6.42 Å². The molecule has 0 N–H and O–H groups in total. The molecule has 0 aromatic heterocycles. The first kappa shape index (κ1) is 17.1. The van der Waals surface area contributed by atoms with Crippen LogP contribution >= 0.6 is 0 Å². The Morgan fingerprint density at radius 2 is 1.24 bits per heavy atom. The van der Waals surface area contributed by atoms with E-state index in [9.17, 15) is 4.11 Å². The molecule has 0 nitrogen and oxygen atoms in total. The third-order valence-electron chi connectivity index (χ3n) is 3.91. The van der Waals surface area contributed by atoms with E-state index < -0.39 is 8.41 Å². The standard InChI is InChI=1S/C15H33FSi/c1-5-6-7-8-9-10-11-12-13-14-15(2)17(3,4)16/h15H,5-14H2,1-4H3. The average molecular weight is 261 g/mol. The van der Waals surface area contributed by atoms with E-state index in [1.54, 1.807) is 0 Å². The van der Waals surface area contributed by atoms with E-state index in [0.29, 0.717) is 5.54 Å². The number of hydrogen-bond donors (Lipinski definition) is 0. The molecule has 0 aliphatic heterocycles. The highest BCUT2D eigenvalue weighted by Gasteiger charge is 2.27. The SMILES string of the molecule is CCCCCCCCCCCC(C)[Si](C)(C)F. The fourth-order valence-electron chi connectivity index (χ4n) is 2.10. The van der Waals surface area contributed by atoms with Crippen molar-refractivity contribution in [2.75, 3.05) is 0 Å². The van der Waals surface area contributed by atoms with Gasteiger partial charge in [0.05, 0.1) is 0 Å². The lowest BCUT2D eigenvalue weighted by Crippen LogP contribution is -2.24. The predicted octanol–water partition coefficient (Wildman–Crippen LogP) is 6.47. The molecule has 0 saturated heterocycles. The van der Waals surface area contributed by atoms with Crippen molar-refractivity contribution in [2.24, 2.45) is 0 Å². The summed E-state index contributed by atoms with van der Waals surface area (Å²) in [5.41, 5.74) is 0.340. The number of unbranched alkanes of at least 4 members (excludes halogenated alkanes) is 8. The molecule has 0 radical (unpaired) electrons. The van der Waals surface area contributed by atoms with Gasteiger partial charge in [-0.1, -0.05) is 78.1 Å². The van der Waals surface area contributed by atoms with Crippen LogP contribution in [-0.4, -0.2) is 8.41 Å². The lowest BCUT2D eigenvalue weighted by molar-refractivity contribution is 0.546. The van der Waals surface area contributed by atoms with Gasteiger partial charge in [0.2, 0.25) is 8.41 Å². The van der Waals surface area contributed by atoms with Crippen molar-refractivity contribution in [3.8, 4) is 0 Å². The second-order valence-corrected chi connectivity index (χ2v) is 10.2. The summed E-state index contributed by atoms with van der Waals surface area (Å²) in [6.45, 7) is 8.03. The van der Waals surface area contributed by atoms with Gasteiger partial charge in [-0.3, -0.25) is 0 Å². The van der Waals surface area contributed by atoms with Crippen LogP contribution in [0.15, 0.2) is 0 Å². The highest BCUT2D eigenvalue weighted by atomic mass is 28.4. The first-order chi connectivity index (χ1) is 7.98. The highest BCUT2D eigenvalue weighted by Crippen LogP contribution is 2.28. The van der Waals surface area contributed by atoms with Crippen LogP contribution in [0, 0.1) is 0 Å². The van der Waals surface area contributed by atoms with Crippen LogP contribution in [0.5, 0.6) is 0 Å². The van der Waals surface area contributed by atoms with Gasteiger partial charge in [0.15, 0.2) is 0 Å². The zero-order valence-electron chi connectivity index (χ0n) is 12.5. The summed E-state index contributed by atoms with van der Waals surface area (Å²) in [6, 6.07) is 0. The van der Waals surface area contributed by atoms with E-state index in [4.69, 9.17) is 0 Å². The molecule has 0 rings (SSSR count). The second kappa shape index (κ2) is 10.1. The number of hydrogen-bond acceptors (Lipinski definition) is 0. The van der Waals surface area contributed by atoms with Crippen molar-refractivity contribution >= 4 is 8.41 Å². The maximum Gasteiger partial charge on any atom is 0.243 e. The molecule has 1 unspecified atom stereocenters. The minimum Gasteiger partial charge on any atom is -0.314 e. The Labute approximate surface area is 110 Å². The lowest BCUT2D eigenvalue weighted by atomic mass is 10.1. The minimum atomic E-state index is -2.35. The molecule has 0 saturated carbocycles. The normalized spacial score (nSPS) is 13.9. The molecule has 0 amide bonds. The van der Waals surface area contributed by atoms with Gasteiger partial charge < -0.3 is 4.11 Å². The third kappa shape index (κ3) is 11.0. The van der Waals surface area contributed by atoms with Gasteiger partial charge in [0.1, 0.15) is 0 Å². The van der Waals surface area contributed by atoms with Gasteiger partial charge in [-0.15, -0.1) is 0 Å². The Morgan fingerprint density at radius 3 is 1.65 bits per heavy atom. The zero-order valence-corrected chi connectivity index (χ0v) is 13.5. The minimum absolute atomic E-state index is 0.340. The molecule has 104 valence electrons. The van der Waals surface area contributed by atoms with Gasteiger partial charge in [-0.25, -0.2) is 0 Å². The molecule has 17 heavy (non-hydrogen) atoms. The number of halogens is 1. The van der Waals surface area contributed by atoms with Crippen LogP contribution in [0.2, 0.25) is 18.6 Å². The van der Waals surface area contributed by atoms with Crippen molar-refractivity contribution in [1.82, 2.24) is 0 Å². The summed E-state index contributed by atoms with van der Waals surface area (Å²) in [6.07, 6.45) is 13.3. The molecule has 1 atom stereocenters. The fourth-order valence-corrected chi connectivity index (χ4v) is 2.99. The smallest absolute Gasteiger partial charge is 0.243 e. The monoisotopic (exact) mass is 260 g/mol. The Hall–Kier alpha value is 0.147. The Balaban J connectivity index is 3.19. The molecule has 0 fully saturated rings. The quantitative estimate of drug-likeness (QED) is 0.227. The fraction of sp³-hybridized carbons (Fsp3) is 1.00. The molecular weight excluding hydrogens is 227 g/mol. The van der Waals surface area contributed by atoms with Crippen molar-refractivity contribution in [2.45, 2.75) is 96.7 Å². The maximum atomic E-state index is 13.7. The van der Waals surface area contributed by atoms with Crippen LogP contribution in [0.3, 0.4) is 0 Å². The first-order valence-electron chi connectivity index (χ1n) is 7.67. The summed E-state index contributed by atoms with van der Waals surface area (Å²) in [7, 11) is -2.35. The van der Waals surface area contributed by atoms with Crippen molar-refractivity contribution in [3.63, 3.8) is 0 Å². The van der Waals surface area contributed by atoms with Gasteiger partial charge in [0, 0.05) is 0 Å². The second-order valence-electron chi connectivity index (χ2n) is 6.08. The predicted molar refractivity (Wildman–Crippen MR) is 79.9 cm³/mol. The number of rotatable bonds is 11. The summed E-state index contributed by atoms with van der Waals surface area (Å²) < 4.78 is 13.7. The summed E-state index contributed by atoms with van der Waals surface area (Å²) in [4.78, 5) is 0. The molecule has 0 bridgehead atoms. The van der Waals surface area contributed by atoms with Crippen molar-refractivity contribution in [1.29, 1.82) is 0 Å². The molecule has 0 heterocycles. The molecule has 0 aromatic carbocycles. The lowest BCUT2D eigenvalue weighted by Gasteiger charge is -2.19. The van der Waals surface area contributed by atoms with Crippen molar-refractivity contribution < 1.29 is 4.11 Å². The molecule has 0 aliphatic rings. The van der Waals surface area contributed by atoms with Gasteiger partial charge >= 0.3 is 0 Å². The highest BCUT2D eigenvalue weighted by molar-refractivity contribution is 6.71. The first-order valence-corrected chi connectivity index (χ1v) is 10.6. The Bertz CT molecular complexity index is 163. The summed E-state index contributed by atoms with van der Waals surface area (Å²) in [5, 5.41) is 0. The summed E-state index contributed by atoms with van der Waals surface area (Å²) >= 11 is 0. The van der Waals surface area contributed by atoms with Crippen LogP contribution in [0.4, 0.5) is 4.11 Å². The molecule has 2 heteroatoms. The maximum absolute atomic E-state index is 13.7. The van der Waals surface area contributed by atoms with E-state index in [-0.39, 0.29) is 0 Å². The molecule has 0 aromatic rings. The Kier molecular flexibility index (Phi) is 10.2. The van der Waals surface area contributed by atoms with Crippen LogP contribution in [0.1, 0.15) is 78.1 Å². The van der Waals surface area contributed by atoms with Gasteiger partial charge in [-0.2, -0.15) is 0 Å². The van der Waals surface area contributed by atoms with Crippen LogP contribution < -0.4 is 0 Å². The van der Waals surface area contributed by atoms with Gasteiger partial charge in [-0.05, 0) is 18.6 Å². The Morgan fingerprint density at radius 1 is 0.824 bits per heavy atom. The third-order valence-corrected chi connectivity index (χ3v) is 6.54. The largest absolute Gasteiger partial charge is 0.314 e. The van der Waals surface area contributed by atoms with E-state index in [1.165, 1.54) is 57.8 Å². The zero-order chi connectivity index (χ0) is 13.1. The molecular formula is C15H33FSi. The summed E-state index contributed by atoms with van der Waals surface area (Å²) in [5.74, 6) is 0. The van der Waals surface area contributed by atoms with Crippen molar-refractivity contribution in [3.05, 3.63) is 0 Å². The van der Waals surface area contributed by atoms with Crippen LogP contribution in [0.25, 0.3) is 0 Å². The topological polar surface area (TPSA) is 0 Å². The van der Waals surface area contributed by atoms with Gasteiger partial charge in [0.25, 0.3) is 0 Å². The molecule has 0 spiro atoms. The van der Waals surface area contributed by atoms with E-state index in [2.05, 4.69) is 13.8 Å². The van der Waals surface area contributed by atoms with E-state index in [1.807, 2.05) is 13.1 Å². The van der Waals surface area contributed by atoms with Crippen LogP contribution in [-0.2, 0) is 0 Å². The molecule has 0 aliphatic carbocycles. The average Bonchev–Trinajstić information content (AvgIpc) is 2.25. The van der Waals surface area contributed by atoms with E-state index >= 15 is 0 Å².